The van der Waals surface area contributed by atoms with E-state index in [0.29, 0.717) is 23.5 Å². The molecule has 0 saturated heterocycles. The first-order valence-electron chi connectivity index (χ1n) is 7.60. The van der Waals surface area contributed by atoms with Gasteiger partial charge >= 0.3 is 5.97 Å². The standard InChI is InChI=1S/C18H16N4O3/c1-22-9-8-16(21-22)17(23)20-11-12-6-7-15(19-10-12)13-4-2-3-5-14(13)18(24)25/h2-10H,11H2,1H3,(H,20,23)(H,24,25). The number of rotatable bonds is 5. The maximum atomic E-state index is 12.0. The summed E-state index contributed by atoms with van der Waals surface area (Å²) in [4.78, 5) is 27.6. The minimum absolute atomic E-state index is 0.200. The number of aromatic carboxylic acids is 1. The number of nitrogens with one attached hydrogen (secondary N) is 1. The molecule has 1 amide bonds. The SMILES string of the molecule is Cn1ccc(C(=O)NCc2ccc(-c3ccccc3C(=O)O)nc2)n1. The van der Waals surface area contributed by atoms with E-state index in [9.17, 15) is 14.7 Å². The Balaban J connectivity index is 1.71. The lowest BCUT2D eigenvalue weighted by Gasteiger charge is -2.07. The molecule has 0 aliphatic rings. The van der Waals surface area contributed by atoms with E-state index in [4.69, 9.17) is 0 Å². The predicted octanol–water partition coefficient (Wildman–Crippen LogP) is 2.11. The van der Waals surface area contributed by atoms with Crippen LogP contribution in [-0.4, -0.2) is 31.7 Å². The molecule has 0 aliphatic heterocycles. The second-order valence-electron chi connectivity index (χ2n) is 5.46. The Morgan fingerprint density at radius 3 is 2.60 bits per heavy atom. The third-order valence-corrected chi connectivity index (χ3v) is 3.66. The number of nitrogens with zero attached hydrogens (tertiary/aromatic N) is 3. The Kier molecular flexibility index (Phi) is 4.56. The fourth-order valence-corrected chi connectivity index (χ4v) is 2.39. The quantitative estimate of drug-likeness (QED) is 0.744. The van der Waals surface area contributed by atoms with Crippen LogP contribution in [0.25, 0.3) is 11.3 Å². The van der Waals surface area contributed by atoms with Gasteiger partial charge in [0.25, 0.3) is 5.91 Å². The van der Waals surface area contributed by atoms with Crippen LogP contribution in [0.3, 0.4) is 0 Å². The number of aryl methyl sites for hydroxylation is 1. The maximum Gasteiger partial charge on any atom is 0.336 e. The second kappa shape index (κ2) is 6.96. The number of carbonyl (C=O) groups is 2. The van der Waals surface area contributed by atoms with Crippen LogP contribution >= 0.6 is 0 Å². The van der Waals surface area contributed by atoms with Crippen molar-refractivity contribution in [1.82, 2.24) is 20.1 Å². The summed E-state index contributed by atoms with van der Waals surface area (Å²) in [5.74, 6) is -1.26. The molecule has 0 bridgehead atoms. The fraction of sp³-hybridized carbons (Fsp3) is 0.111. The molecule has 7 heteroatoms. The van der Waals surface area contributed by atoms with Gasteiger partial charge in [-0.25, -0.2) is 4.79 Å². The molecule has 2 aromatic heterocycles. The predicted molar refractivity (Wildman–Crippen MR) is 91.0 cm³/mol. The van der Waals surface area contributed by atoms with Gasteiger partial charge in [0.05, 0.1) is 11.3 Å². The first-order valence-corrected chi connectivity index (χ1v) is 7.60. The van der Waals surface area contributed by atoms with Gasteiger partial charge in [-0.2, -0.15) is 5.10 Å². The highest BCUT2D eigenvalue weighted by Gasteiger charge is 2.12. The van der Waals surface area contributed by atoms with Crippen LogP contribution in [0.1, 0.15) is 26.4 Å². The first kappa shape index (κ1) is 16.4. The zero-order chi connectivity index (χ0) is 17.8. The van der Waals surface area contributed by atoms with Gasteiger partial charge in [0.1, 0.15) is 5.69 Å². The van der Waals surface area contributed by atoms with Gasteiger partial charge in [-0.3, -0.25) is 14.5 Å². The van der Waals surface area contributed by atoms with E-state index in [1.165, 1.54) is 0 Å². The van der Waals surface area contributed by atoms with Gasteiger partial charge in [0.15, 0.2) is 0 Å². The lowest BCUT2D eigenvalue weighted by atomic mass is 10.0. The van der Waals surface area contributed by atoms with E-state index in [0.717, 1.165) is 5.56 Å². The molecule has 1 aromatic carbocycles. The minimum atomic E-state index is -0.996. The summed E-state index contributed by atoms with van der Waals surface area (Å²) in [5.41, 5.74) is 2.48. The smallest absolute Gasteiger partial charge is 0.336 e. The average Bonchev–Trinajstić information content (AvgIpc) is 3.06. The van der Waals surface area contributed by atoms with Gasteiger partial charge in [-0.1, -0.05) is 24.3 Å². The number of carboxylic acid groups (broad SMARTS) is 1. The highest BCUT2D eigenvalue weighted by molar-refractivity contribution is 5.95. The summed E-state index contributed by atoms with van der Waals surface area (Å²) < 4.78 is 1.56. The molecule has 3 rings (SSSR count). The summed E-state index contributed by atoms with van der Waals surface area (Å²) >= 11 is 0. The minimum Gasteiger partial charge on any atom is -0.478 e. The van der Waals surface area contributed by atoms with Crippen molar-refractivity contribution < 1.29 is 14.7 Å². The van der Waals surface area contributed by atoms with Crippen molar-refractivity contribution in [3.63, 3.8) is 0 Å². The van der Waals surface area contributed by atoms with Crippen molar-refractivity contribution >= 4 is 11.9 Å². The van der Waals surface area contributed by atoms with Gasteiger partial charge in [-0.15, -0.1) is 0 Å². The van der Waals surface area contributed by atoms with Crippen LogP contribution in [-0.2, 0) is 13.6 Å². The molecule has 0 unspecified atom stereocenters. The number of benzene rings is 1. The molecule has 3 aromatic rings. The number of hydrogen-bond donors (Lipinski definition) is 2. The molecule has 25 heavy (non-hydrogen) atoms. The van der Waals surface area contributed by atoms with Crippen LogP contribution in [0.4, 0.5) is 0 Å². The summed E-state index contributed by atoms with van der Waals surface area (Å²) in [6, 6.07) is 11.9. The van der Waals surface area contributed by atoms with Crippen molar-refractivity contribution in [1.29, 1.82) is 0 Å². The molecule has 0 aliphatic carbocycles. The highest BCUT2D eigenvalue weighted by atomic mass is 16.4. The average molecular weight is 336 g/mol. The van der Waals surface area contributed by atoms with Crippen LogP contribution in [0, 0.1) is 0 Å². The topological polar surface area (TPSA) is 97.1 Å². The Morgan fingerprint density at radius 2 is 1.96 bits per heavy atom. The molecule has 0 fully saturated rings. The van der Waals surface area contributed by atoms with E-state index in [1.807, 2.05) is 0 Å². The largest absolute Gasteiger partial charge is 0.478 e. The van der Waals surface area contributed by atoms with Crippen molar-refractivity contribution in [2.24, 2.45) is 7.05 Å². The third kappa shape index (κ3) is 3.72. The molecular weight excluding hydrogens is 320 g/mol. The van der Waals surface area contributed by atoms with Crippen LogP contribution in [0.5, 0.6) is 0 Å². The third-order valence-electron chi connectivity index (χ3n) is 3.66. The number of hydrogen-bond acceptors (Lipinski definition) is 4. The van der Waals surface area contributed by atoms with Gasteiger partial charge in [-0.05, 0) is 23.8 Å². The van der Waals surface area contributed by atoms with Crippen LogP contribution in [0.2, 0.25) is 0 Å². The van der Waals surface area contributed by atoms with Crippen LogP contribution < -0.4 is 5.32 Å². The molecule has 0 spiro atoms. The van der Waals surface area contributed by atoms with Crippen molar-refractivity contribution in [3.05, 3.63) is 71.7 Å². The normalized spacial score (nSPS) is 10.4. The van der Waals surface area contributed by atoms with Crippen molar-refractivity contribution in [2.75, 3.05) is 0 Å². The summed E-state index contributed by atoms with van der Waals surface area (Å²) in [5, 5.41) is 16.1. The van der Waals surface area contributed by atoms with Crippen molar-refractivity contribution in [2.45, 2.75) is 6.54 Å². The zero-order valence-corrected chi connectivity index (χ0v) is 13.5. The molecule has 7 nitrogen and oxygen atoms in total. The number of amides is 1. The Labute approximate surface area is 143 Å². The van der Waals surface area contributed by atoms with Gasteiger partial charge < -0.3 is 10.4 Å². The summed E-state index contributed by atoms with van der Waals surface area (Å²) in [7, 11) is 1.74. The molecule has 0 radical (unpaired) electrons. The number of carbonyl (C=O) groups excluding carboxylic acids is 1. The van der Waals surface area contributed by atoms with Crippen LogP contribution in [0.15, 0.2) is 54.9 Å². The lowest BCUT2D eigenvalue weighted by Crippen LogP contribution is -2.23. The number of aromatic nitrogens is 3. The zero-order valence-electron chi connectivity index (χ0n) is 13.5. The van der Waals surface area contributed by atoms with E-state index < -0.39 is 5.97 Å². The molecule has 126 valence electrons. The Hall–Kier alpha value is -3.48. The Bertz CT molecular complexity index is 916. The summed E-state index contributed by atoms with van der Waals surface area (Å²) in [6.45, 7) is 0.309. The molecule has 0 saturated carbocycles. The molecular formula is C18H16N4O3. The lowest BCUT2D eigenvalue weighted by molar-refractivity contribution is 0.0697. The van der Waals surface area contributed by atoms with Gasteiger partial charge in [0, 0.05) is 31.5 Å². The number of carboxylic acids is 1. The second-order valence-corrected chi connectivity index (χ2v) is 5.46. The fourth-order valence-electron chi connectivity index (χ4n) is 2.39. The first-order chi connectivity index (χ1) is 12.0. The van der Waals surface area contributed by atoms with E-state index in [1.54, 1.807) is 66.6 Å². The van der Waals surface area contributed by atoms with Gasteiger partial charge in [0.2, 0.25) is 0 Å². The molecule has 0 atom stereocenters. The molecule has 2 heterocycles. The van der Waals surface area contributed by atoms with E-state index in [2.05, 4.69) is 15.4 Å². The van der Waals surface area contributed by atoms with E-state index in [-0.39, 0.29) is 11.5 Å². The van der Waals surface area contributed by atoms with Crippen molar-refractivity contribution in [3.8, 4) is 11.3 Å². The maximum absolute atomic E-state index is 12.0. The highest BCUT2D eigenvalue weighted by Crippen LogP contribution is 2.21. The summed E-state index contributed by atoms with van der Waals surface area (Å²) in [6.07, 6.45) is 3.32. The monoisotopic (exact) mass is 336 g/mol. The Morgan fingerprint density at radius 1 is 1.16 bits per heavy atom. The molecule has 2 N–H and O–H groups in total. The number of pyridine rings is 1. The van der Waals surface area contributed by atoms with E-state index >= 15 is 0 Å².